The highest BCUT2D eigenvalue weighted by Gasteiger charge is 2.28. The van der Waals surface area contributed by atoms with E-state index in [1.807, 2.05) is 54.7 Å². The average molecular weight is 365 g/mol. The largest absolute Gasteiger partial charge is 0.374 e. The maximum atomic E-state index is 12.2. The van der Waals surface area contributed by atoms with Gasteiger partial charge in [-0.3, -0.25) is 4.79 Å². The molecule has 6 heteroatoms. The number of primary amides is 1. The zero-order chi connectivity index (χ0) is 19.3. The van der Waals surface area contributed by atoms with Crippen LogP contribution in [0.5, 0.6) is 0 Å². The quantitative estimate of drug-likeness (QED) is 0.568. The topological polar surface area (TPSA) is 96.2 Å². The number of para-hydroxylation sites is 1. The third kappa shape index (κ3) is 2.27. The normalized spacial score (nSPS) is 14.6. The number of amides is 1. The molecule has 1 amide bonds. The van der Waals surface area contributed by atoms with Crippen LogP contribution in [0.3, 0.4) is 0 Å². The molecule has 5 rings (SSSR count). The summed E-state index contributed by atoms with van der Waals surface area (Å²) in [6, 6.07) is 19.3. The van der Waals surface area contributed by atoms with Crippen molar-refractivity contribution in [1.82, 2.24) is 9.61 Å². The predicted molar refractivity (Wildman–Crippen MR) is 106 cm³/mol. The van der Waals surface area contributed by atoms with E-state index in [1.165, 1.54) is 6.20 Å². The van der Waals surface area contributed by atoms with Crippen LogP contribution >= 0.6 is 0 Å². The molecule has 3 heterocycles. The minimum atomic E-state index is -0.517. The molecule has 6 nitrogen and oxygen atoms in total. The Hall–Kier alpha value is -4.11. The van der Waals surface area contributed by atoms with Gasteiger partial charge in [-0.2, -0.15) is 10.4 Å². The van der Waals surface area contributed by atoms with Gasteiger partial charge >= 0.3 is 0 Å². The van der Waals surface area contributed by atoms with Crippen LogP contribution in [0.25, 0.3) is 16.6 Å². The number of carbonyl (C=O) groups excluding carboxylic acids is 1. The standard InChI is InChI=1S/C22H15N5O/c23-11-13-4-3-5-14(10-13)20-16-8-9-27-21(16)19(17(12-25-27)22(24)28)15-6-1-2-7-18(15)26-20/h1-10,12,20,26H,(H2,24,28). The molecule has 134 valence electrons. The highest BCUT2D eigenvalue weighted by molar-refractivity contribution is 6.06. The zero-order valence-corrected chi connectivity index (χ0v) is 14.8. The molecule has 0 saturated heterocycles. The fraction of sp³-hybridized carbons (Fsp3) is 0.0455. The molecular formula is C22H15N5O. The first-order valence-electron chi connectivity index (χ1n) is 8.83. The Morgan fingerprint density at radius 1 is 1.18 bits per heavy atom. The van der Waals surface area contributed by atoms with E-state index in [0.29, 0.717) is 11.1 Å². The van der Waals surface area contributed by atoms with Crippen molar-refractivity contribution in [3.05, 3.63) is 89.2 Å². The molecule has 0 saturated carbocycles. The van der Waals surface area contributed by atoms with E-state index < -0.39 is 5.91 Å². The molecule has 2 aromatic carbocycles. The van der Waals surface area contributed by atoms with Crippen LogP contribution in [0.4, 0.5) is 5.69 Å². The minimum absolute atomic E-state index is 0.203. The molecule has 0 radical (unpaired) electrons. The van der Waals surface area contributed by atoms with Crippen LogP contribution in [0.2, 0.25) is 0 Å². The molecule has 1 atom stereocenters. The summed E-state index contributed by atoms with van der Waals surface area (Å²) in [4.78, 5) is 12.2. The van der Waals surface area contributed by atoms with Crippen molar-refractivity contribution in [2.45, 2.75) is 6.04 Å². The number of nitrogens with two attached hydrogens (primary N) is 1. The molecule has 1 aliphatic rings. The number of benzene rings is 2. The van der Waals surface area contributed by atoms with Gasteiger partial charge in [0, 0.05) is 28.6 Å². The van der Waals surface area contributed by atoms with Gasteiger partial charge in [-0.15, -0.1) is 0 Å². The Balaban J connectivity index is 1.88. The molecule has 0 bridgehead atoms. The molecular weight excluding hydrogens is 350 g/mol. The summed E-state index contributed by atoms with van der Waals surface area (Å²) < 4.78 is 1.77. The summed E-state index contributed by atoms with van der Waals surface area (Å²) in [6.45, 7) is 0. The summed E-state index contributed by atoms with van der Waals surface area (Å²) in [6.07, 6.45) is 3.39. The summed E-state index contributed by atoms with van der Waals surface area (Å²) >= 11 is 0. The molecule has 0 fully saturated rings. The van der Waals surface area contributed by atoms with Crippen LogP contribution in [0.15, 0.2) is 67.0 Å². The maximum Gasteiger partial charge on any atom is 0.251 e. The van der Waals surface area contributed by atoms with Crippen molar-refractivity contribution >= 4 is 17.1 Å². The fourth-order valence-corrected chi connectivity index (χ4v) is 3.91. The van der Waals surface area contributed by atoms with Gasteiger partial charge in [0.25, 0.3) is 5.91 Å². The number of carbonyl (C=O) groups is 1. The van der Waals surface area contributed by atoms with Crippen LogP contribution in [-0.2, 0) is 0 Å². The van der Waals surface area contributed by atoms with Crippen LogP contribution in [-0.4, -0.2) is 15.5 Å². The number of nitriles is 1. The van der Waals surface area contributed by atoms with Crippen LogP contribution < -0.4 is 11.1 Å². The van der Waals surface area contributed by atoms with Crippen molar-refractivity contribution in [2.24, 2.45) is 5.73 Å². The summed E-state index contributed by atoms with van der Waals surface area (Å²) in [7, 11) is 0. The molecule has 4 aromatic rings. The Morgan fingerprint density at radius 2 is 2.04 bits per heavy atom. The molecule has 28 heavy (non-hydrogen) atoms. The number of aromatic nitrogens is 2. The van der Waals surface area contributed by atoms with Gasteiger partial charge < -0.3 is 11.1 Å². The average Bonchev–Trinajstić information content (AvgIpc) is 3.09. The maximum absolute atomic E-state index is 12.2. The Kier molecular flexibility index (Phi) is 3.43. The van der Waals surface area contributed by atoms with E-state index >= 15 is 0 Å². The minimum Gasteiger partial charge on any atom is -0.374 e. The van der Waals surface area contributed by atoms with Gasteiger partial charge in [0.2, 0.25) is 0 Å². The van der Waals surface area contributed by atoms with E-state index in [-0.39, 0.29) is 6.04 Å². The number of hydrogen-bond donors (Lipinski definition) is 2. The summed E-state index contributed by atoms with van der Waals surface area (Å²) in [5.41, 5.74) is 12.0. The van der Waals surface area contributed by atoms with Gasteiger partial charge in [-0.25, -0.2) is 4.52 Å². The van der Waals surface area contributed by atoms with Crippen LogP contribution in [0, 0.1) is 11.3 Å². The van der Waals surface area contributed by atoms with Gasteiger partial charge in [0.15, 0.2) is 0 Å². The Morgan fingerprint density at radius 3 is 2.86 bits per heavy atom. The van der Waals surface area contributed by atoms with E-state index in [0.717, 1.165) is 33.5 Å². The number of rotatable bonds is 2. The van der Waals surface area contributed by atoms with Crippen molar-refractivity contribution in [3.8, 4) is 17.2 Å². The van der Waals surface area contributed by atoms with Gasteiger partial charge in [0.1, 0.15) is 0 Å². The van der Waals surface area contributed by atoms with E-state index in [9.17, 15) is 10.1 Å². The summed E-state index contributed by atoms with van der Waals surface area (Å²) in [5, 5.41) is 17.3. The smallest absolute Gasteiger partial charge is 0.251 e. The van der Waals surface area contributed by atoms with E-state index in [2.05, 4.69) is 16.5 Å². The molecule has 0 aliphatic carbocycles. The van der Waals surface area contributed by atoms with E-state index in [4.69, 9.17) is 5.73 Å². The third-order valence-electron chi connectivity index (χ3n) is 5.14. The lowest BCUT2D eigenvalue weighted by Crippen LogP contribution is -2.14. The molecule has 0 spiro atoms. The number of nitrogens with zero attached hydrogens (tertiary/aromatic N) is 3. The molecule has 2 aromatic heterocycles. The molecule has 1 aliphatic heterocycles. The zero-order valence-electron chi connectivity index (χ0n) is 14.8. The Labute approximate surface area is 160 Å². The van der Waals surface area contributed by atoms with Gasteiger partial charge in [-0.1, -0.05) is 30.3 Å². The second-order valence-corrected chi connectivity index (χ2v) is 6.72. The monoisotopic (exact) mass is 365 g/mol. The SMILES string of the molecule is N#Cc1cccc(C2Nc3ccccc3-c3c(C(N)=O)cnn4ccc2c34)c1. The van der Waals surface area contributed by atoms with Crippen molar-refractivity contribution in [3.63, 3.8) is 0 Å². The Bertz CT molecular complexity index is 1300. The first-order valence-corrected chi connectivity index (χ1v) is 8.83. The fourth-order valence-electron chi connectivity index (χ4n) is 3.91. The number of anilines is 1. The first-order chi connectivity index (χ1) is 13.7. The first kappa shape index (κ1) is 16.1. The van der Waals surface area contributed by atoms with Crippen LogP contribution in [0.1, 0.15) is 33.1 Å². The van der Waals surface area contributed by atoms with Gasteiger partial charge in [0.05, 0.1) is 35.0 Å². The second-order valence-electron chi connectivity index (χ2n) is 6.72. The third-order valence-corrected chi connectivity index (χ3v) is 5.14. The van der Waals surface area contributed by atoms with Gasteiger partial charge in [-0.05, 0) is 29.8 Å². The number of hydrogen-bond acceptors (Lipinski definition) is 4. The van der Waals surface area contributed by atoms with E-state index in [1.54, 1.807) is 10.6 Å². The molecule has 3 N–H and O–H groups in total. The lowest BCUT2D eigenvalue weighted by Gasteiger charge is -2.19. The van der Waals surface area contributed by atoms with Crippen molar-refractivity contribution in [2.75, 3.05) is 5.32 Å². The highest BCUT2D eigenvalue weighted by Crippen LogP contribution is 2.43. The lowest BCUT2D eigenvalue weighted by atomic mass is 9.96. The van der Waals surface area contributed by atoms with Crippen molar-refractivity contribution in [1.29, 1.82) is 5.26 Å². The predicted octanol–water partition coefficient (Wildman–Crippen LogP) is 3.49. The lowest BCUT2D eigenvalue weighted by molar-refractivity contribution is 0.100. The summed E-state index contributed by atoms with van der Waals surface area (Å²) in [5.74, 6) is -0.517. The number of nitrogens with one attached hydrogen (secondary N) is 1. The second kappa shape index (κ2) is 5.96. The van der Waals surface area contributed by atoms with Crippen molar-refractivity contribution < 1.29 is 4.79 Å². The highest BCUT2D eigenvalue weighted by atomic mass is 16.1. The molecule has 1 unspecified atom stereocenters. The number of fused-ring (bicyclic) bond motifs is 2.